The van der Waals surface area contributed by atoms with E-state index in [0.717, 1.165) is 6.42 Å². The molecule has 0 aromatic carbocycles. The average Bonchev–Trinajstić information content (AvgIpc) is 1.59. The smallest absolute Gasteiger partial charge is 0.170 e. The first-order chi connectivity index (χ1) is 4.42. The third kappa shape index (κ3) is 7.84. The highest BCUT2D eigenvalue weighted by Gasteiger charge is 2.06. The van der Waals surface area contributed by atoms with Crippen LogP contribution in [-0.4, -0.2) is 5.52 Å². The fraction of sp³-hybridized carbons (Fsp3) is 0.625. The van der Waals surface area contributed by atoms with Gasteiger partial charge in [-0.05, 0) is 17.9 Å². The van der Waals surface area contributed by atoms with E-state index in [1.807, 2.05) is 6.08 Å². The van der Waals surface area contributed by atoms with Crippen molar-refractivity contribution in [2.75, 3.05) is 0 Å². The van der Waals surface area contributed by atoms with E-state index in [9.17, 15) is 4.79 Å². The minimum absolute atomic E-state index is 0.0456. The second-order valence-electron chi connectivity index (χ2n) is 3.57. The lowest BCUT2D eigenvalue weighted by molar-refractivity contribution is -0.107. The van der Waals surface area contributed by atoms with Gasteiger partial charge in [0.25, 0.3) is 0 Å². The van der Waals surface area contributed by atoms with Crippen LogP contribution in [0.15, 0.2) is 12.2 Å². The Balaban J connectivity index is 3.64. The summed E-state index contributed by atoms with van der Waals surface area (Å²) in [6, 6.07) is 0. The van der Waals surface area contributed by atoms with Crippen LogP contribution in [0.4, 0.5) is 0 Å². The Bertz CT molecular complexity index is 142. The van der Waals surface area contributed by atoms with Gasteiger partial charge >= 0.3 is 0 Å². The molecule has 0 spiro atoms. The number of allylic oxidation sites excluding steroid dienone is 2. The lowest BCUT2D eigenvalue weighted by atomic mass is 9.92. The van der Waals surface area contributed by atoms with E-state index >= 15 is 0 Å². The van der Waals surface area contributed by atoms with Crippen LogP contribution >= 0.6 is 9.24 Å². The molecule has 2 heteroatoms. The van der Waals surface area contributed by atoms with E-state index in [-0.39, 0.29) is 10.9 Å². The third-order valence-electron chi connectivity index (χ3n) is 1.01. The molecular formula is C8H15OP. The molecule has 1 unspecified atom stereocenters. The lowest BCUT2D eigenvalue weighted by Crippen LogP contribution is -2.01. The summed E-state index contributed by atoms with van der Waals surface area (Å²) in [4.78, 5) is 10.4. The van der Waals surface area contributed by atoms with Crippen LogP contribution in [-0.2, 0) is 4.79 Å². The van der Waals surface area contributed by atoms with Crippen LogP contribution in [0.5, 0.6) is 0 Å². The molecule has 0 radical (unpaired) electrons. The summed E-state index contributed by atoms with van der Waals surface area (Å²) in [6.45, 7) is 6.43. The van der Waals surface area contributed by atoms with Crippen molar-refractivity contribution in [3.05, 3.63) is 12.2 Å². The van der Waals surface area contributed by atoms with Crippen molar-refractivity contribution >= 4 is 14.8 Å². The van der Waals surface area contributed by atoms with Gasteiger partial charge in [0.15, 0.2) is 5.52 Å². The van der Waals surface area contributed by atoms with Gasteiger partial charge in [0.2, 0.25) is 0 Å². The Labute approximate surface area is 65.1 Å². The van der Waals surface area contributed by atoms with Gasteiger partial charge in [-0.3, -0.25) is 4.79 Å². The van der Waals surface area contributed by atoms with Crippen LogP contribution in [0, 0.1) is 5.41 Å². The number of rotatable bonds is 2. The van der Waals surface area contributed by atoms with Gasteiger partial charge in [-0.2, -0.15) is 0 Å². The molecule has 0 saturated heterocycles. The summed E-state index contributed by atoms with van der Waals surface area (Å²) in [5, 5.41) is 0. The van der Waals surface area contributed by atoms with Crippen molar-refractivity contribution in [3.63, 3.8) is 0 Å². The molecule has 0 heterocycles. The minimum Gasteiger partial charge on any atom is -0.290 e. The predicted molar refractivity (Wildman–Crippen MR) is 47.9 cm³/mol. The Morgan fingerprint density at radius 3 is 2.30 bits per heavy atom. The number of carbonyl (C=O) groups excluding carboxylic acids is 1. The molecule has 0 fully saturated rings. The van der Waals surface area contributed by atoms with E-state index in [4.69, 9.17) is 0 Å². The maximum atomic E-state index is 10.4. The normalized spacial score (nSPS) is 12.4. The summed E-state index contributed by atoms with van der Waals surface area (Å²) in [7, 11) is 2.12. The van der Waals surface area contributed by atoms with Gasteiger partial charge in [0, 0.05) is 0 Å². The monoisotopic (exact) mass is 158 g/mol. The maximum Gasteiger partial charge on any atom is 0.170 e. The fourth-order valence-electron chi connectivity index (χ4n) is 0.529. The van der Waals surface area contributed by atoms with Gasteiger partial charge < -0.3 is 0 Å². The molecule has 10 heavy (non-hydrogen) atoms. The van der Waals surface area contributed by atoms with Crippen molar-refractivity contribution in [1.82, 2.24) is 0 Å². The summed E-state index contributed by atoms with van der Waals surface area (Å²) in [6.07, 6.45) is 4.46. The van der Waals surface area contributed by atoms with Crippen molar-refractivity contribution in [2.24, 2.45) is 5.41 Å². The van der Waals surface area contributed by atoms with E-state index in [0.29, 0.717) is 0 Å². The zero-order chi connectivity index (χ0) is 8.20. The average molecular weight is 158 g/mol. The van der Waals surface area contributed by atoms with E-state index in [1.165, 1.54) is 0 Å². The zero-order valence-corrected chi connectivity index (χ0v) is 8.00. The molecule has 0 aromatic heterocycles. The van der Waals surface area contributed by atoms with Crippen molar-refractivity contribution in [1.29, 1.82) is 0 Å². The van der Waals surface area contributed by atoms with Crippen LogP contribution in [0.25, 0.3) is 0 Å². The molecule has 0 aromatic rings. The molecule has 0 saturated carbocycles. The standard InChI is InChI=1S/C8H15OP/c1-8(2,3)6-4-5-7(9)10/h4-5H,6,10H2,1-3H3/b5-4+. The minimum atomic E-state index is 0.0456. The molecule has 58 valence electrons. The third-order valence-corrected chi connectivity index (χ3v) is 1.20. The molecule has 1 atom stereocenters. The summed E-state index contributed by atoms with van der Waals surface area (Å²) >= 11 is 0. The Kier molecular flexibility index (Phi) is 3.81. The van der Waals surface area contributed by atoms with Crippen molar-refractivity contribution < 1.29 is 4.79 Å². The van der Waals surface area contributed by atoms with Gasteiger partial charge in [-0.1, -0.05) is 36.1 Å². The van der Waals surface area contributed by atoms with Crippen molar-refractivity contribution in [2.45, 2.75) is 27.2 Å². The lowest BCUT2D eigenvalue weighted by Gasteiger charge is -2.13. The van der Waals surface area contributed by atoms with Crippen LogP contribution in [0.1, 0.15) is 27.2 Å². The van der Waals surface area contributed by atoms with E-state index in [1.54, 1.807) is 6.08 Å². The zero-order valence-electron chi connectivity index (χ0n) is 6.85. The van der Waals surface area contributed by atoms with Gasteiger partial charge in [-0.25, -0.2) is 0 Å². The molecule has 0 N–H and O–H groups in total. The van der Waals surface area contributed by atoms with E-state index in [2.05, 4.69) is 30.0 Å². The van der Waals surface area contributed by atoms with Crippen molar-refractivity contribution in [3.8, 4) is 0 Å². The number of carbonyl (C=O) groups is 1. The SMILES string of the molecule is CC(C)(C)C/C=C/C(=O)P. The van der Waals surface area contributed by atoms with Crippen LogP contribution in [0.3, 0.4) is 0 Å². The molecule has 0 bridgehead atoms. The second kappa shape index (κ2) is 3.88. The first-order valence-corrected chi connectivity index (χ1v) is 3.95. The number of hydrogen-bond acceptors (Lipinski definition) is 1. The first-order valence-electron chi connectivity index (χ1n) is 3.38. The molecule has 0 aliphatic heterocycles. The molecule has 0 rings (SSSR count). The highest BCUT2D eigenvalue weighted by atomic mass is 31.0. The Hall–Kier alpha value is -0.160. The highest BCUT2D eigenvalue weighted by Crippen LogP contribution is 2.18. The van der Waals surface area contributed by atoms with Gasteiger partial charge in [0.05, 0.1) is 0 Å². The molecule has 0 amide bonds. The second-order valence-corrected chi connectivity index (χ2v) is 4.14. The Morgan fingerprint density at radius 2 is 2.00 bits per heavy atom. The van der Waals surface area contributed by atoms with E-state index < -0.39 is 0 Å². The molecule has 0 aliphatic rings. The maximum absolute atomic E-state index is 10.4. The largest absolute Gasteiger partial charge is 0.290 e. The summed E-state index contributed by atoms with van der Waals surface area (Å²) in [5.74, 6) is 0. The Morgan fingerprint density at radius 1 is 1.50 bits per heavy atom. The summed E-state index contributed by atoms with van der Waals surface area (Å²) in [5.41, 5.74) is 0.334. The van der Waals surface area contributed by atoms with Crippen LogP contribution < -0.4 is 0 Å². The first kappa shape index (κ1) is 9.84. The highest BCUT2D eigenvalue weighted by molar-refractivity contribution is 7.40. The summed E-state index contributed by atoms with van der Waals surface area (Å²) < 4.78 is 0. The molecule has 0 aliphatic carbocycles. The topological polar surface area (TPSA) is 17.1 Å². The number of hydrogen-bond donors (Lipinski definition) is 0. The fourth-order valence-corrected chi connectivity index (χ4v) is 0.665. The molecule has 1 nitrogen and oxygen atoms in total. The van der Waals surface area contributed by atoms with Gasteiger partial charge in [0.1, 0.15) is 0 Å². The quantitative estimate of drug-likeness (QED) is 0.445. The van der Waals surface area contributed by atoms with Crippen LogP contribution in [0.2, 0.25) is 0 Å². The predicted octanol–water partition coefficient (Wildman–Crippen LogP) is 2.38. The van der Waals surface area contributed by atoms with Gasteiger partial charge in [-0.15, -0.1) is 0 Å². The molecular weight excluding hydrogens is 143 g/mol.